The molecule has 2 heterocycles. The number of carbonyl (C=O) groups excluding carboxylic acids is 1. The second-order valence-electron chi connectivity index (χ2n) is 6.65. The Morgan fingerprint density at radius 2 is 1.90 bits per heavy atom. The molecule has 4 heteroatoms. The van der Waals surface area contributed by atoms with Gasteiger partial charge in [-0.2, -0.15) is 0 Å². The van der Waals surface area contributed by atoms with Crippen LogP contribution in [-0.2, 0) is 19.0 Å². The highest BCUT2D eigenvalue weighted by Gasteiger charge is 2.47. The molecule has 0 N–H and O–H groups in total. The van der Waals surface area contributed by atoms with E-state index in [1.807, 2.05) is 0 Å². The average Bonchev–Trinajstić information content (AvgIpc) is 3.31. The maximum Gasteiger partial charge on any atom is 0.305 e. The van der Waals surface area contributed by atoms with E-state index in [4.69, 9.17) is 14.2 Å². The van der Waals surface area contributed by atoms with Crippen molar-refractivity contribution in [1.29, 1.82) is 0 Å². The number of carbonyl (C=O) groups is 1. The van der Waals surface area contributed by atoms with Crippen LogP contribution < -0.4 is 0 Å². The van der Waals surface area contributed by atoms with Gasteiger partial charge in [-0.05, 0) is 37.5 Å². The molecule has 114 valence electrons. The summed E-state index contributed by atoms with van der Waals surface area (Å²) in [5.74, 6) is 1.02. The summed E-state index contributed by atoms with van der Waals surface area (Å²) in [4.78, 5) is 11.8. The average molecular weight is 282 g/mol. The highest BCUT2D eigenvalue weighted by atomic mass is 16.6. The molecule has 3 fully saturated rings. The van der Waals surface area contributed by atoms with Gasteiger partial charge in [0.1, 0.15) is 0 Å². The maximum atomic E-state index is 11.8. The Labute approximate surface area is 121 Å². The zero-order valence-corrected chi connectivity index (χ0v) is 12.5. The molecule has 0 amide bonds. The Bertz CT molecular complexity index is 356. The lowest BCUT2D eigenvalue weighted by Crippen LogP contribution is -2.27. The van der Waals surface area contributed by atoms with Crippen LogP contribution in [0.1, 0.15) is 52.4 Å². The standard InChI is InChI=1S/C16H26O4/c1-3-4-12-13(19-12)5-6-16(17)18-9-11-8-15-14(20-15)7-10(11)2/h10-15H,3-9H2,1-2H3. The molecule has 3 aliphatic rings. The molecule has 20 heavy (non-hydrogen) atoms. The van der Waals surface area contributed by atoms with Crippen molar-refractivity contribution in [3.63, 3.8) is 0 Å². The van der Waals surface area contributed by atoms with Gasteiger partial charge < -0.3 is 14.2 Å². The molecule has 2 aliphatic heterocycles. The first-order chi connectivity index (χ1) is 9.67. The molecule has 3 rings (SSSR count). The predicted molar refractivity (Wildman–Crippen MR) is 74.3 cm³/mol. The minimum Gasteiger partial charge on any atom is -0.465 e. The van der Waals surface area contributed by atoms with E-state index in [1.54, 1.807) is 0 Å². The summed E-state index contributed by atoms with van der Waals surface area (Å²) < 4.78 is 16.5. The zero-order chi connectivity index (χ0) is 14.1. The van der Waals surface area contributed by atoms with Crippen LogP contribution in [0.4, 0.5) is 0 Å². The van der Waals surface area contributed by atoms with Gasteiger partial charge in [0.25, 0.3) is 0 Å². The van der Waals surface area contributed by atoms with Crippen LogP contribution in [0, 0.1) is 11.8 Å². The minimum atomic E-state index is -0.0678. The molecule has 0 aromatic heterocycles. The number of hydrogen-bond acceptors (Lipinski definition) is 4. The van der Waals surface area contributed by atoms with E-state index in [0.29, 0.717) is 49.3 Å². The topological polar surface area (TPSA) is 51.4 Å². The summed E-state index contributed by atoms with van der Waals surface area (Å²) in [6.07, 6.45) is 7.41. The van der Waals surface area contributed by atoms with Crippen molar-refractivity contribution in [3.05, 3.63) is 0 Å². The number of ether oxygens (including phenoxy) is 3. The number of fused-ring (bicyclic) bond motifs is 1. The Kier molecular flexibility index (Phi) is 4.32. The van der Waals surface area contributed by atoms with Gasteiger partial charge in [0.05, 0.1) is 31.0 Å². The normalized spacial score (nSPS) is 41.9. The van der Waals surface area contributed by atoms with Gasteiger partial charge in [0.15, 0.2) is 0 Å². The predicted octanol–water partition coefficient (Wildman–Crippen LogP) is 2.69. The first-order valence-electron chi connectivity index (χ1n) is 8.14. The lowest BCUT2D eigenvalue weighted by molar-refractivity contribution is -0.146. The second-order valence-corrected chi connectivity index (χ2v) is 6.65. The Morgan fingerprint density at radius 1 is 1.15 bits per heavy atom. The lowest BCUT2D eigenvalue weighted by atomic mass is 9.81. The Hall–Kier alpha value is -0.610. The van der Waals surface area contributed by atoms with Crippen molar-refractivity contribution in [1.82, 2.24) is 0 Å². The van der Waals surface area contributed by atoms with E-state index in [2.05, 4.69) is 13.8 Å². The van der Waals surface area contributed by atoms with E-state index in [1.165, 1.54) is 0 Å². The molecule has 4 nitrogen and oxygen atoms in total. The fourth-order valence-corrected chi connectivity index (χ4v) is 3.42. The van der Waals surface area contributed by atoms with Gasteiger partial charge in [-0.25, -0.2) is 0 Å². The van der Waals surface area contributed by atoms with Crippen molar-refractivity contribution in [3.8, 4) is 0 Å². The molecular formula is C16H26O4. The number of hydrogen-bond donors (Lipinski definition) is 0. The summed E-state index contributed by atoms with van der Waals surface area (Å²) in [5, 5.41) is 0. The van der Waals surface area contributed by atoms with Gasteiger partial charge in [0, 0.05) is 6.42 Å². The van der Waals surface area contributed by atoms with Crippen LogP contribution in [0.5, 0.6) is 0 Å². The van der Waals surface area contributed by atoms with Crippen LogP contribution in [0.2, 0.25) is 0 Å². The van der Waals surface area contributed by atoms with Crippen LogP contribution in [0.25, 0.3) is 0 Å². The molecule has 0 spiro atoms. The van der Waals surface area contributed by atoms with Crippen molar-refractivity contribution >= 4 is 5.97 Å². The van der Waals surface area contributed by atoms with Crippen molar-refractivity contribution in [2.24, 2.45) is 11.8 Å². The fourth-order valence-electron chi connectivity index (χ4n) is 3.42. The highest BCUT2D eigenvalue weighted by Crippen LogP contribution is 2.42. The molecule has 0 radical (unpaired) electrons. The Balaban J connectivity index is 1.29. The Morgan fingerprint density at radius 3 is 2.70 bits per heavy atom. The van der Waals surface area contributed by atoms with Crippen LogP contribution in [0.3, 0.4) is 0 Å². The van der Waals surface area contributed by atoms with Crippen LogP contribution in [0.15, 0.2) is 0 Å². The van der Waals surface area contributed by atoms with E-state index in [0.717, 1.165) is 32.1 Å². The molecule has 1 aliphatic carbocycles. The molecule has 1 saturated carbocycles. The molecule has 0 aromatic rings. The lowest BCUT2D eigenvalue weighted by Gasteiger charge is -2.25. The minimum absolute atomic E-state index is 0.0678. The molecule has 0 aromatic carbocycles. The summed E-state index contributed by atoms with van der Waals surface area (Å²) in [6.45, 7) is 4.97. The van der Waals surface area contributed by atoms with Crippen molar-refractivity contribution < 1.29 is 19.0 Å². The summed E-state index contributed by atoms with van der Waals surface area (Å²) >= 11 is 0. The maximum absolute atomic E-state index is 11.8. The largest absolute Gasteiger partial charge is 0.465 e. The van der Waals surface area contributed by atoms with Crippen molar-refractivity contribution in [2.75, 3.05) is 6.61 Å². The first kappa shape index (κ1) is 14.3. The quantitative estimate of drug-likeness (QED) is 0.532. The summed E-state index contributed by atoms with van der Waals surface area (Å²) in [5.41, 5.74) is 0. The van der Waals surface area contributed by atoms with Gasteiger partial charge in [-0.15, -0.1) is 0 Å². The fraction of sp³-hybridized carbons (Fsp3) is 0.938. The van der Waals surface area contributed by atoms with Gasteiger partial charge in [0.2, 0.25) is 0 Å². The molecule has 0 bridgehead atoms. The van der Waals surface area contributed by atoms with Crippen LogP contribution in [-0.4, -0.2) is 37.0 Å². The molecule has 2 saturated heterocycles. The summed E-state index contributed by atoms with van der Waals surface area (Å²) in [6, 6.07) is 0. The number of epoxide rings is 2. The third kappa shape index (κ3) is 3.53. The zero-order valence-electron chi connectivity index (χ0n) is 12.5. The van der Waals surface area contributed by atoms with E-state index in [9.17, 15) is 4.79 Å². The number of rotatable bonds is 7. The van der Waals surface area contributed by atoms with Gasteiger partial charge in [-0.1, -0.05) is 20.3 Å². The van der Waals surface area contributed by atoms with Crippen LogP contribution >= 0.6 is 0 Å². The van der Waals surface area contributed by atoms with E-state index < -0.39 is 0 Å². The molecule has 6 atom stereocenters. The first-order valence-corrected chi connectivity index (χ1v) is 8.14. The summed E-state index contributed by atoms with van der Waals surface area (Å²) in [7, 11) is 0. The second kappa shape index (κ2) is 6.02. The monoisotopic (exact) mass is 282 g/mol. The number of esters is 1. The van der Waals surface area contributed by atoms with E-state index >= 15 is 0 Å². The van der Waals surface area contributed by atoms with Gasteiger partial charge in [-0.3, -0.25) is 4.79 Å². The SMILES string of the molecule is CCCC1OC1CCC(=O)OCC1CC2OC2CC1C. The third-order valence-electron chi connectivity index (χ3n) is 4.98. The van der Waals surface area contributed by atoms with Crippen molar-refractivity contribution in [2.45, 2.75) is 76.8 Å². The van der Waals surface area contributed by atoms with E-state index in [-0.39, 0.29) is 5.97 Å². The third-order valence-corrected chi connectivity index (χ3v) is 4.98. The smallest absolute Gasteiger partial charge is 0.305 e. The highest BCUT2D eigenvalue weighted by molar-refractivity contribution is 5.69. The molecular weight excluding hydrogens is 256 g/mol. The molecule has 6 unspecified atom stereocenters. The van der Waals surface area contributed by atoms with Gasteiger partial charge >= 0.3 is 5.97 Å².